The Morgan fingerprint density at radius 3 is 2.67 bits per heavy atom. The smallest absolute Gasteiger partial charge is 0.209 e. The van der Waals surface area contributed by atoms with Crippen molar-refractivity contribution < 1.29 is 0 Å². The first kappa shape index (κ1) is 9.41. The maximum absolute atomic E-state index is 5.40. The molecule has 1 rings (SSSR count). The molecule has 0 spiro atoms. The van der Waals surface area contributed by atoms with Crippen LogP contribution in [0.25, 0.3) is 0 Å². The average molecular weight is 184 g/mol. The van der Waals surface area contributed by atoms with Gasteiger partial charge < -0.3 is 5.73 Å². The number of rotatable bonds is 3. The zero-order chi connectivity index (χ0) is 8.97. The van der Waals surface area contributed by atoms with Gasteiger partial charge in [-0.2, -0.15) is 5.10 Å². The molecule has 5 heteroatoms. The van der Waals surface area contributed by atoms with Gasteiger partial charge in [0.1, 0.15) is 0 Å². The molecule has 0 radical (unpaired) electrons. The monoisotopic (exact) mass is 184 g/mol. The van der Waals surface area contributed by atoms with Crippen LogP contribution in [-0.4, -0.2) is 28.0 Å². The minimum Gasteiger partial charge on any atom is -0.330 e. The lowest BCUT2D eigenvalue weighted by Gasteiger charge is -2.01. The van der Waals surface area contributed by atoms with Crippen molar-refractivity contribution in [3.63, 3.8) is 0 Å². The Balaban J connectivity index is 2.87. The lowest BCUT2D eigenvalue weighted by molar-refractivity contribution is 0.751. The zero-order valence-corrected chi connectivity index (χ0v) is 8.06. The Kier molecular flexibility index (Phi) is 3.43. The molecule has 4 nitrogen and oxygen atoms in total. The second kappa shape index (κ2) is 4.37. The molecule has 66 valence electrons. The molecule has 0 saturated heterocycles. The fraction of sp³-hybridized carbons (Fsp3) is 0.571. The van der Waals surface area contributed by atoms with Crippen molar-refractivity contribution in [2.75, 3.05) is 12.8 Å². The van der Waals surface area contributed by atoms with Gasteiger partial charge in [-0.3, -0.25) is 0 Å². The number of hydrogen-bond acceptors (Lipinski definition) is 5. The third kappa shape index (κ3) is 2.15. The normalized spacial score (nSPS) is 10.2. The molecule has 12 heavy (non-hydrogen) atoms. The maximum atomic E-state index is 5.40. The third-order valence-corrected chi connectivity index (χ3v) is 2.04. The molecule has 1 heterocycles. The molecular formula is C7H12N4S. The fourth-order valence-corrected chi connectivity index (χ4v) is 1.21. The van der Waals surface area contributed by atoms with Crippen molar-refractivity contribution >= 4 is 11.8 Å². The number of thioether (sulfide) groups is 1. The lowest BCUT2D eigenvalue weighted by Crippen LogP contribution is -2.08. The van der Waals surface area contributed by atoms with Gasteiger partial charge in [0.25, 0.3) is 0 Å². The van der Waals surface area contributed by atoms with E-state index in [1.165, 1.54) is 11.8 Å². The van der Waals surface area contributed by atoms with E-state index in [0.717, 1.165) is 17.8 Å². The van der Waals surface area contributed by atoms with Gasteiger partial charge in [0, 0.05) is 6.42 Å². The van der Waals surface area contributed by atoms with Gasteiger partial charge in [-0.05, 0) is 19.7 Å². The van der Waals surface area contributed by atoms with E-state index in [-0.39, 0.29) is 0 Å². The minimum atomic E-state index is 0.593. The standard InChI is InChI=1S/C7H12N4S/c1-5-6(3-4-8)10-11-7(9-5)12-2/h3-4,8H2,1-2H3. The van der Waals surface area contributed by atoms with Gasteiger partial charge in [-0.25, -0.2) is 4.98 Å². The van der Waals surface area contributed by atoms with Crippen molar-refractivity contribution in [1.29, 1.82) is 0 Å². The largest absolute Gasteiger partial charge is 0.330 e. The molecule has 0 saturated carbocycles. The molecule has 1 aromatic heterocycles. The van der Waals surface area contributed by atoms with Crippen LogP contribution in [0.3, 0.4) is 0 Å². The highest BCUT2D eigenvalue weighted by atomic mass is 32.2. The van der Waals surface area contributed by atoms with E-state index in [2.05, 4.69) is 15.2 Å². The number of aryl methyl sites for hydroxylation is 1. The summed E-state index contributed by atoms with van der Waals surface area (Å²) in [5.74, 6) is 0. The van der Waals surface area contributed by atoms with E-state index in [4.69, 9.17) is 5.73 Å². The molecule has 0 fully saturated rings. The number of nitrogens with zero attached hydrogens (tertiary/aromatic N) is 3. The quantitative estimate of drug-likeness (QED) is 0.689. The van der Waals surface area contributed by atoms with Crippen molar-refractivity contribution in [3.8, 4) is 0 Å². The van der Waals surface area contributed by atoms with E-state index in [1.54, 1.807) is 0 Å². The van der Waals surface area contributed by atoms with Crippen molar-refractivity contribution in [2.45, 2.75) is 18.5 Å². The first-order valence-electron chi connectivity index (χ1n) is 3.72. The second-order valence-corrected chi connectivity index (χ2v) is 3.14. The molecule has 0 bridgehead atoms. The van der Waals surface area contributed by atoms with Crippen LogP contribution < -0.4 is 5.73 Å². The summed E-state index contributed by atoms with van der Waals surface area (Å²) in [4.78, 5) is 4.24. The van der Waals surface area contributed by atoms with Crippen LogP contribution in [0, 0.1) is 6.92 Å². The van der Waals surface area contributed by atoms with Crippen molar-refractivity contribution in [1.82, 2.24) is 15.2 Å². The van der Waals surface area contributed by atoms with Gasteiger partial charge in [0.2, 0.25) is 5.16 Å². The van der Waals surface area contributed by atoms with E-state index in [1.807, 2.05) is 13.2 Å². The maximum Gasteiger partial charge on any atom is 0.209 e. The first-order chi connectivity index (χ1) is 5.77. The average Bonchev–Trinajstić information content (AvgIpc) is 2.09. The van der Waals surface area contributed by atoms with Crippen LogP contribution in [-0.2, 0) is 6.42 Å². The van der Waals surface area contributed by atoms with Crippen LogP contribution in [0.15, 0.2) is 5.16 Å². The summed E-state index contributed by atoms with van der Waals surface area (Å²) >= 11 is 1.49. The first-order valence-corrected chi connectivity index (χ1v) is 4.94. The van der Waals surface area contributed by atoms with Crippen LogP contribution in [0.5, 0.6) is 0 Å². The Bertz CT molecular complexity index is 264. The molecule has 2 N–H and O–H groups in total. The van der Waals surface area contributed by atoms with Gasteiger partial charge in [-0.1, -0.05) is 11.8 Å². The minimum absolute atomic E-state index is 0.593. The molecule has 1 aromatic rings. The molecule has 0 aliphatic carbocycles. The Morgan fingerprint density at radius 1 is 1.42 bits per heavy atom. The van der Waals surface area contributed by atoms with E-state index >= 15 is 0 Å². The molecule has 0 unspecified atom stereocenters. The van der Waals surface area contributed by atoms with Crippen molar-refractivity contribution in [3.05, 3.63) is 11.4 Å². The van der Waals surface area contributed by atoms with Gasteiger partial charge in [-0.15, -0.1) is 5.10 Å². The fourth-order valence-electron chi connectivity index (χ4n) is 0.860. The predicted molar refractivity (Wildman–Crippen MR) is 49.1 cm³/mol. The summed E-state index contributed by atoms with van der Waals surface area (Å²) in [5.41, 5.74) is 7.23. The Labute approximate surface area is 76.0 Å². The highest BCUT2D eigenvalue weighted by Crippen LogP contribution is 2.08. The summed E-state index contributed by atoms with van der Waals surface area (Å²) in [6.07, 6.45) is 2.68. The Hall–Kier alpha value is -0.680. The van der Waals surface area contributed by atoms with Crippen molar-refractivity contribution in [2.24, 2.45) is 5.73 Å². The number of hydrogen-bond donors (Lipinski definition) is 1. The van der Waals surface area contributed by atoms with Crippen LogP contribution >= 0.6 is 11.8 Å². The van der Waals surface area contributed by atoms with Crippen LogP contribution in [0.1, 0.15) is 11.4 Å². The summed E-state index contributed by atoms with van der Waals surface area (Å²) in [6, 6.07) is 0. The van der Waals surface area contributed by atoms with Crippen LogP contribution in [0.2, 0.25) is 0 Å². The van der Waals surface area contributed by atoms with E-state index in [9.17, 15) is 0 Å². The molecule has 0 aromatic carbocycles. The summed E-state index contributed by atoms with van der Waals surface area (Å²) < 4.78 is 0. The van der Waals surface area contributed by atoms with E-state index < -0.39 is 0 Å². The lowest BCUT2D eigenvalue weighted by atomic mass is 10.2. The zero-order valence-electron chi connectivity index (χ0n) is 7.24. The highest BCUT2D eigenvalue weighted by molar-refractivity contribution is 7.98. The van der Waals surface area contributed by atoms with Gasteiger partial charge in [0.15, 0.2) is 0 Å². The second-order valence-electron chi connectivity index (χ2n) is 2.37. The highest BCUT2D eigenvalue weighted by Gasteiger charge is 2.02. The number of aromatic nitrogens is 3. The molecule has 0 aliphatic heterocycles. The summed E-state index contributed by atoms with van der Waals surface area (Å²) in [6.45, 7) is 2.52. The molecular weight excluding hydrogens is 172 g/mol. The number of nitrogens with two attached hydrogens (primary N) is 1. The Morgan fingerprint density at radius 2 is 2.17 bits per heavy atom. The van der Waals surface area contributed by atoms with Crippen LogP contribution in [0.4, 0.5) is 0 Å². The topological polar surface area (TPSA) is 64.7 Å². The van der Waals surface area contributed by atoms with Gasteiger partial charge >= 0.3 is 0 Å². The molecule has 0 atom stereocenters. The SMILES string of the molecule is CSc1nnc(CCN)c(C)n1. The van der Waals surface area contributed by atoms with Gasteiger partial charge in [0.05, 0.1) is 11.4 Å². The van der Waals surface area contributed by atoms with E-state index in [0.29, 0.717) is 11.7 Å². The third-order valence-electron chi connectivity index (χ3n) is 1.50. The summed E-state index contributed by atoms with van der Waals surface area (Å²) in [7, 11) is 0. The summed E-state index contributed by atoms with van der Waals surface area (Å²) in [5, 5.41) is 8.66. The molecule has 0 aliphatic rings. The predicted octanol–water partition coefficient (Wildman–Crippen LogP) is 0.403. The molecule has 0 amide bonds.